The van der Waals surface area contributed by atoms with Gasteiger partial charge in [0.1, 0.15) is 54.9 Å². The van der Waals surface area contributed by atoms with E-state index in [-0.39, 0.29) is 0 Å². The number of rotatable bonds is 5. The molecule has 0 saturated carbocycles. The number of ether oxygens (including phenoxy) is 6. The van der Waals surface area contributed by atoms with E-state index in [1.165, 1.54) is 27.9 Å². The minimum Gasteiger partial charge on any atom is -0.388 e. The van der Waals surface area contributed by atoms with Crippen LogP contribution >= 0.6 is 0 Å². The van der Waals surface area contributed by atoms with E-state index in [0.717, 1.165) is 0 Å². The number of aliphatic hydroxyl groups excluding tert-OH is 7. The summed E-state index contributed by atoms with van der Waals surface area (Å²) in [6.45, 7) is 4.48. The van der Waals surface area contributed by atoms with Crippen LogP contribution in [0, 0.1) is 0 Å². The molecule has 0 amide bonds. The molecule has 0 aliphatic carbocycles. The second kappa shape index (κ2) is 10.4. The van der Waals surface area contributed by atoms with Gasteiger partial charge in [-0.05, 0) is 20.8 Å². The summed E-state index contributed by atoms with van der Waals surface area (Å²) in [7, 11) is 1.28. The zero-order chi connectivity index (χ0) is 23.9. The molecule has 32 heavy (non-hydrogen) atoms. The third-order valence-corrected chi connectivity index (χ3v) is 6.22. The highest BCUT2D eigenvalue weighted by Gasteiger charge is 2.52. The van der Waals surface area contributed by atoms with Gasteiger partial charge in [-0.25, -0.2) is 0 Å². The zero-order valence-electron chi connectivity index (χ0n) is 18.2. The molecule has 0 aromatic heterocycles. The van der Waals surface area contributed by atoms with E-state index in [4.69, 9.17) is 28.4 Å². The molecular weight excluding hydrogens is 436 g/mol. The van der Waals surface area contributed by atoms with E-state index in [2.05, 4.69) is 0 Å². The zero-order valence-corrected chi connectivity index (χ0v) is 18.2. The molecule has 3 saturated heterocycles. The Hall–Kier alpha value is -0.520. The van der Waals surface area contributed by atoms with E-state index in [0.29, 0.717) is 0 Å². The molecular formula is C19H34O13. The molecule has 3 aliphatic heterocycles. The Bertz CT molecular complexity index is 596. The van der Waals surface area contributed by atoms with Crippen LogP contribution in [0.4, 0.5) is 0 Å². The molecule has 3 aliphatic rings. The smallest absolute Gasteiger partial charge is 0.187 e. The molecule has 188 valence electrons. The van der Waals surface area contributed by atoms with Gasteiger partial charge in [0, 0.05) is 7.11 Å². The van der Waals surface area contributed by atoms with E-state index in [9.17, 15) is 35.7 Å². The highest BCUT2D eigenvalue weighted by molar-refractivity contribution is 4.95. The first kappa shape index (κ1) is 26.1. The highest BCUT2D eigenvalue weighted by atomic mass is 16.7. The first-order valence-corrected chi connectivity index (χ1v) is 10.5. The average Bonchev–Trinajstić information content (AvgIpc) is 2.74. The maximum Gasteiger partial charge on any atom is 0.187 e. The summed E-state index contributed by atoms with van der Waals surface area (Å²) < 4.78 is 32.6. The van der Waals surface area contributed by atoms with E-state index in [1.807, 2.05) is 0 Å². The second-order valence-electron chi connectivity index (χ2n) is 8.50. The predicted octanol–water partition coefficient (Wildman–Crippen LogP) is -3.84. The molecule has 15 atom stereocenters. The molecule has 0 radical (unpaired) electrons. The maximum absolute atomic E-state index is 10.8. The lowest BCUT2D eigenvalue weighted by Gasteiger charge is -2.47. The van der Waals surface area contributed by atoms with Crippen molar-refractivity contribution in [3.8, 4) is 0 Å². The topological polar surface area (TPSA) is 197 Å². The molecule has 13 nitrogen and oxygen atoms in total. The van der Waals surface area contributed by atoms with Gasteiger partial charge in [0.15, 0.2) is 18.9 Å². The van der Waals surface area contributed by atoms with Crippen LogP contribution in [0.5, 0.6) is 0 Å². The minimum absolute atomic E-state index is 0.824. The maximum atomic E-state index is 10.8. The van der Waals surface area contributed by atoms with Crippen LogP contribution in [0.1, 0.15) is 20.8 Å². The summed E-state index contributed by atoms with van der Waals surface area (Å²) in [5.74, 6) is 0. The van der Waals surface area contributed by atoms with Gasteiger partial charge in [0.05, 0.1) is 18.3 Å². The molecule has 3 rings (SSSR count). The van der Waals surface area contributed by atoms with Crippen LogP contribution < -0.4 is 0 Å². The normalized spacial score (nSPS) is 55.0. The van der Waals surface area contributed by atoms with Gasteiger partial charge in [0.25, 0.3) is 0 Å². The van der Waals surface area contributed by atoms with Crippen LogP contribution in [0.25, 0.3) is 0 Å². The second-order valence-corrected chi connectivity index (χ2v) is 8.50. The van der Waals surface area contributed by atoms with Crippen LogP contribution in [0.15, 0.2) is 0 Å². The van der Waals surface area contributed by atoms with Gasteiger partial charge in [-0.1, -0.05) is 0 Å². The van der Waals surface area contributed by atoms with Crippen molar-refractivity contribution >= 4 is 0 Å². The van der Waals surface area contributed by atoms with Crippen molar-refractivity contribution in [2.24, 2.45) is 0 Å². The number of hydrogen-bond donors (Lipinski definition) is 7. The van der Waals surface area contributed by atoms with Crippen molar-refractivity contribution in [2.75, 3.05) is 7.11 Å². The van der Waals surface area contributed by atoms with Gasteiger partial charge >= 0.3 is 0 Å². The summed E-state index contributed by atoms with van der Waals surface area (Å²) >= 11 is 0. The lowest BCUT2D eigenvalue weighted by Crippen LogP contribution is -2.65. The Kier molecular flexibility index (Phi) is 8.48. The van der Waals surface area contributed by atoms with Gasteiger partial charge < -0.3 is 64.2 Å². The first-order valence-electron chi connectivity index (χ1n) is 10.5. The fourth-order valence-electron chi connectivity index (χ4n) is 4.12. The number of hydrogen-bond acceptors (Lipinski definition) is 13. The van der Waals surface area contributed by atoms with Crippen molar-refractivity contribution < 1.29 is 64.2 Å². The van der Waals surface area contributed by atoms with Crippen molar-refractivity contribution in [1.29, 1.82) is 0 Å². The fraction of sp³-hybridized carbons (Fsp3) is 1.00. The van der Waals surface area contributed by atoms with Gasteiger partial charge in [-0.15, -0.1) is 0 Å². The Morgan fingerprint density at radius 2 is 0.969 bits per heavy atom. The fourth-order valence-corrected chi connectivity index (χ4v) is 4.12. The molecule has 0 aromatic rings. The van der Waals surface area contributed by atoms with E-state index in [1.54, 1.807) is 0 Å². The molecule has 0 aromatic carbocycles. The van der Waals surface area contributed by atoms with Gasteiger partial charge in [-0.3, -0.25) is 0 Å². The van der Waals surface area contributed by atoms with Crippen molar-refractivity contribution in [2.45, 2.75) is 113 Å². The third-order valence-electron chi connectivity index (χ3n) is 6.22. The lowest BCUT2D eigenvalue weighted by molar-refractivity contribution is -0.374. The Morgan fingerprint density at radius 1 is 0.500 bits per heavy atom. The summed E-state index contributed by atoms with van der Waals surface area (Å²) in [5, 5.41) is 72.0. The van der Waals surface area contributed by atoms with Crippen LogP contribution in [-0.2, 0) is 28.4 Å². The van der Waals surface area contributed by atoms with Crippen molar-refractivity contribution in [3.63, 3.8) is 0 Å². The largest absolute Gasteiger partial charge is 0.388 e. The molecule has 0 unspecified atom stereocenters. The Labute approximate surface area is 185 Å². The number of aliphatic hydroxyl groups is 7. The SMILES string of the molecule is CO[C@@H]1[C@H](O[C@@H]2[C@@H](O)[C@H](C)O[C@@H](O[C@@H]3[C@@H](O)[C@H](C)O[C@@H](O)[C@@H]3O)[C@@H]2O)O[C@@H](C)[C@@H](O)[C@H]1O. The Morgan fingerprint density at radius 3 is 1.56 bits per heavy atom. The van der Waals surface area contributed by atoms with Crippen molar-refractivity contribution in [3.05, 3.63) is 0 Å². The average molecular weight is 470 g/mol. The van der Waals surface area contributed by atoms with Crippen LogP contribution in [0.2, 0.25) is 0 Å². The standard InChI is InChI=1S/C19H34O13/c1-5-8(20)11(23)16(27-4)19(30-5)32-15-10(22)7(3)29-18(13(15)25)31-14-9(21)6(2)28-17(26)12(14)24/h5-26H,1-4H3/t5-,6-,7-,8+,9-,10-,11+,12+,13+,14+,15+,16-,17+,18-,19-/m0/s1. The number of methoxy groups -OCH3 is 1. The minimum atomic E-state index is -1.63. The molecule has 0 bridgehead atoms. The Balaban J connectivity index is 1.75. The van der Waals surface area contributed by atoms with Crippen LogP contribution in [0.3, 0.4) is 0 Å². The monoisotopic (exact) mass is 470 g/mol. The molecule has 7 N–H and O–H groups in total. The van der Waals surface area contributed by atoms with Gasteiger partial charge in [0.2, 0.25) is 0 Å². The lowest BCUT2D eigenvalue weighted by atomic mass is 9.96. The van der Waals surface area contributed by atoms with Crippen LogP contribution in [-0.4, -0.2) is 135 Å². The highest BCUT2D eigenvalue weighted by Crippen LogP contribution is 2.32. The van der Waals surface area contributed by atoms with Gasteiger partial charge in [-0.2, -0.15) is 0 Å². The summed E-state index contributed by atoms with van der Waals surface area (Å²) in [6.07, 6.45) is -19.3. The summed E-state index contributed by atoms with van der Waals surface area (Å²) in [4.78, 5) is 0. The quantitative estimate of drug-likeness (QED) is 0.206. The molecule has 3 heterocycles. The van der Waals surface area contributed by atoms with E-state index < -0.39 is 92.1 Å². The molecule has 3 fully saturated rings. The van der Waals surface area contributed by atoms with Crippen molar-refractivity contribution in [1.82, 2.24) is 0 Å². The molecule has 13 heteroatoms. The first-order chi connectivity index (χ1) is 15.0. The summed E-state index contributed by atoms with van der Waals surface area (Å²) in [5.41, 5.74) is 0. The predicted molar refractivity (Wildman–Crippen MR) is 102 cm³/mol. The molecule has 0 spiro atoms. The summed E-state index contributed by atoms with van der Waals surface area (Å²) in [6, 6.07) is 0. The third kappa shape index (κ3) is 4.95. The van der Waals surface area contributed by atoms with E-state index >= 15 is 0 Å².